The number of hydrogen-bond acceptors (Lipinski definition) is 5. The Balaban J connectivity index is 1.97. The lowest BCUT2D eigenvalue weighted by atomic mass is 10.0. The van der Waals surface area contributed by atoms with Gasteiger partial charge in [0.15, 0.2) is 0 Å². The molecule has 6 heteroatoms. The van der Waals surface area contributed by atoms with Crippen LogP contribution >= 0.6 is 11.3 Å². The van der Waals surface area contributed by atoms with Gasteiger partial charge in [0.05, 0.1) is 10.6 Å². The highest BCUT2D eigenvalue weighted by molar-refractivity contribution is 7.16. The van der Waals surface area contributed by atoms with Crippen LogP contribution in [-0.4, -0.2) is 44.5 Å². The molecule has 1 aliphatic heterocycles. The van der Waals surface area contributed by atoms with Crippen LogP contribution in [-0.2, 0) is 13.0 Å². The zero-order valence-electron chi connectivity index (χ0n) is 11.6. The first-order valence-corrected chi connectivity index (χ1v) is 7.45. The standard InChI is InChI=1S/C13H22N4OS/c1-17(2)7-3-5-16-13(18)11-9-4-6-15-8-10(9)19-12(11)14/h15H,3-8,14H2,1-2H3,(H,16,18). The minimum Gasteiger partial charge on any atom is -0.390 e. The Kier molecular flexibility index (Phi) is 4.79. The SMILES string of the molecule is CN(C)CCCNC(=O)c1c(N)sc2c1CCNC2. The van der Waals surface area contributed by atoms with Crippen LogP contribution in [0.2, 0.25) is 0 Å². The molecule has 1 amide bonds. The zero-order valence-corrected chi connectivity index (χ0v) is 12.4. The Bertz CT molecular complexity index is 456. The van der Waals surface area contributed by atoms with Crippen molar-refractivity contribution in [3.8, 4) is 0 Å². The van der Waals surface area contributed by atoms with Crippen LogP contribution in [0.4, 0.5) is 5.00 Å². The number of nitrogen functional groups attached to an aromatic ring is 1. The highest BCUT2D eigenvalue weighted by Crippen LogP contribution is 2.32. The third-order valence-corrected chi connectivity index (χ3v) is 4.31. The second-order valence-corrected chi connectivity index (χ2v) is 6.22. The first-order valence-electron chi connectivity index (χ1n) is 6.63. The van der Waals surface area contributed by atoms with E-state index in [9.17, 15) is 4.79 Å². The number of hydrogen-bond donors (Lipinski definition) is 3. The van der Waals surface area contributed by atoms with Crippen LogP contribution in [0.15, 0.2) is 0 Å². The first kappa shape index (κ1) is 14.3. The molecule has 0 saturated heterocycles. The lowest BCUT2D eigenvalue weighted by Crippen LogP contribution is -2.29. The fourth-order valence-corrected chi connectivity index (χ4v) is 3.38. The lowest BCUT2D eigenvalue weighted by Gasteiger charge is -2.14. The number of nitrogens with zero attached hydrogens (tertiary/aromatic N) is 1. The minimum atomic E-state index is -0.0179. The topological polar surface area (TPSA) is 70.4 Å². The van der Waals surface area contributed by atoms with E-state index in [1.165, 1.54) is 16.2 Å². The van der Waals surface area contributed by atoms with Crippen molar-refractivity contribution >= 4 is 22.2 Å². The number of carbonyl (C=O) groups is 1. The average molecular weight is 282 g/mol. The van der Waals surface area contributed by atoms with E-state index >= 15 is 0 Å². The summed E-state index contributed by atoms with van der Waals surface area (Å²) in [6.45, 7) is 3.42. The molecular weight excluding hydrogens is 260 g/mol. The molecule has 1 aromatic rings. The van der Waals surface area contributed by atoms with E-state index in [1.807, 2.05) is 14.1 Å². The van der Waals surface area contributed by atoms with Gasteiger partial charge in [0, 0.05) is 18.0 Å². The molecule has 1 aromatic heterocycles. The lowest BCUT2D eigenvalue weighted by molar-refractivity contribution is 0.0952. The quantitative estimate of drug-likeness (QED) is 0.694. The monoisotopic (exact) mass is 282 g/mol. The van der Waals surface area contributed by atoms with E-state index in [2.05, 4.69) is 15.5 Å². The molecule has 5 nitrogen and oxygen atoms in total. The number of fused-ring (bicyclic) bond motifs is 1. The maximum absolute atomic E-state index is 12.2. The summed E-state index contributed by atoms with van der Waals surface area (Å²) in [6.07, 6.45) is 1.84. The van der Waals surface area contributed by atoms with Crippen molar-refractivity contribution in [2.75, 3.05) is 39.5 Å². The Morgan fingerprint density at radius 2 is 2.32 bits per heavy atom. The molecule has 0 bridgehead atoms. The molecule has 0 aromatic carbocycles. The second kappa shape index (κ2) is 6.36. The molecular formula is C13H22N4OS. The third-order valence-electron chi connectivity index (χ3n) is 3.25. The molecule has 0 fully saturated rings. The normalized spacial score (nSPS) is 14.5. The van der Waals surface area contributed by atoms with E-state index in [4.69, 9.17) is 5.73 Å². The van der Waals surface area contributed by atoms with Gasteiger partial charge in [0.2, 0.25) is 0 Å². The Labute approximate surface area is 118 Å². The number of thiophene rings is 1. The van der Waals surface area contributed by atoms with Gasteiger partial charge in [-0.1, -0.05) is 0 Å². The molecule has 0 saturated carbocycles. The summed E-state index contributed by atoms with van der Waals surface area (Å²) in [5.41, 5.74) is 7.86. The number of nitrogens with one attached hydrogen (secondary N) is 2. The maximum Gasteiger partial charge on any atom is 0.254 e. The molecule has 0 aliphatic carbocycles. The molecule has 1 aliphatic rings. The van der Waals surface area contributed by atoms with E-state index in [-0.39, 0.29) is 5.91 Å². The summed E-state index contributed by atoms with van der Waals surface area (Å²) in [7, 11) is 4.06. The third kappa shape index (κ3) is 3.46. The Hall–Kier alpha value is -1.11. The fraction of sp³-hybridized carbons (Fsp3) is 0.615. The zero-order chi connectivity index (χ0) is 13.8. The van der Waals surface area contributed by atoms with Gasteiger partial charge in [0.1, 0.15) is 0 Å². The van der Waals surface area contributed by atoms with Gasteiger partial charge in [-0.15, -0.1) is 11.3 Å². The van der Waals surface area contributed by atoms with Crippen LogP contribution in [0.1, 0.15) is 27.2 Å². The van der Waals surface area contributed by atoms with Crippen molar-refractivity contribution in [1.82, 2.24) is 15.5 Å². The maximum atomic E-state index is 12.2. The van der Waals surface area contributed by atoms with Gasteiger partial charge in [-0.3, -0.25) is 4.79 Å². The number of anilines is 1. The van der Waals surface area contributed by atoms with E-state index < -0.39 is 0 Å². The molecule has 0 spiro atoms. The van der Waals surface area contributed by atoms with Crippen molar-refractivity contribution in [2.45, 2.75) is 19.4 Å². The van der Waals surface area contributed by atoms with Crippen molar-refractivity contribution in [3.63, 3.8) is 0 Å². The fourth-order valence-electron chi connectivity index (χ4n) is 2.29. The smallest absolute Gasteiger partial charge is 0.254 e. The highest BCUT2D eigenvalue weighted by atomic mass is 32.1. The van der Waals surface area contributed by atoms with Crippen LogP contribution in [0.5, 0.6) is 0 Å². The number of carbonyl (C=O) groups excluding carboxylic acids is 1. The number of amides is 1. The molecule has 0 atom stereocenters. The summed E-state index contributed by atoms with van der Waals surface area (Å²) in [6, 6.07) is 0. The van der Waals surface area contributed by atoms with Crippen molar-refractivity contribution in [3.05, 3.63) is 16.0 Å². The summed E-state index contributed by atoms with van der Waals surface area (Å²) in [5, 5.41) is 6.93. The predicted octanol–water partition coefficient (Wildman–Crippen LogP) is 0.658. The number of nitrogens with two attached hydrogens (primary N) is 1. The van der Waals surface area contributed by atoms with Gasteiger partial charge in [-0.05, 0) is 45.6 Å². The molecule has 2 heterocycles. The van der Waals surface area contributed by atoms with Gasteiger partial charge in [0.25, 0.3) is 5.91 Å². The molecule has 19 heavy (non-hydrogen) atoms. The van der Waals surface area contributed by atoms with E-state index in [0.29, 0.717) is 17.1 Å². The molecule has 106 valence electrons. The van der Waals surface area contributed by atoms with Crippen molar-refractivity contribution < 1.29 is 4.79 Å². The minimum absolute atomic E-state index is 0.0179. The van der Waals surface area contributed by atoms with Crippen molar-refractivity contribution in [1.29, 1.82) is 0 Å². The van der Waals surface area contributed by atoms with Crippen LogP contribution in [0.25, 0.3) is 0 Å². The second-order valence-electron chi connectivity index (χ2n) is 5.08. The summed E-state index contributed by atoms with van der Waals surface area (Å²) < 4.78 is 0. The molecule has 4 N–H and O–H groups in total. The van der Waals surface area contributed by atoms with Crippen LogP contribution < -0.4 is 16.4 Å². The van der Waals surface area contributed by atoms with Gasteiger partial charge in [-0.2, -0.15) is 0 Å². The van der Waals surface area contributed by atoms with Gasteiger partial charge in [-0.25, -0.2) is 0 Å². The largest absolute Gasteiger partial charge is 0.390 e. The highest BCUT2D eigenvalue weighted by Gasteiger charge is 2.23. The molecule has 0 unspecified atom stereocenters. The summed E-state index contributed by atoms with van der Waals surface area (Å²) in [5.74, 6) is -0.0179. The van der Waals surface area contributed by atoms with Crippen LogP contribution in [0, 0.1) is 0 Å². The molecule has 0 radical (unpaired) electrons. The van der Waals surface area contributed by atoms with Gasteiger partial charge < -0.3 is 21.3 Å². The van der Waals surface area contributed by atoms with Gasteiger partial charge >= 0.3 is 0 Å². The Morgan fingerprint density at radius 1 is 1.53 bits per heavy atom. The molecule has 2 rings (SSSR count). The summed E-state index contributed by atoms with van der Waals surface area (Å²) >= 11 is 1.54. The summed E-state index contributed by atoms with van der Waals surface area (Å²) in [4.78, 5) is 15.5. The van der Waals surface area contributed by atoms with E-state index in [0.717, 1.165) is 38.0 Å². The first-order chi connectivity index (χ1) is 9.09. The van der Waals surface area contributed by atoms with Crippen LogP contribution in [0.3, 0.4) is 0 Å². The van der Waals surface area contributed by atoms with E-state index in [1.54, 1.807) is 0 Å². The predicted molar refractivity (Wildman–Crippen MR) is 79.6 cm³/mol. The number of rotatable bonds is 5. The van der Waals surface area contributed by atoms with Crippen molar-refractivity contribution in [2.24, 2.45) is 0 Å². The average Bonchev–Trinajstić information content (AvgIpc) is 2.70. The Morgan fingerprint density at radius 3 is 3.05 bits per heavy atom.